The fourth-order valence-electron chi connectivity index (χ4n) is 6.09. The molecule has 0 spiro atoms. The Kier molecular flexibility index (Phi) is 6.17. The minimum Gasteiger partial charge on any atom is -0.462 e. The van der Waals surface area contributed by atoms with Gasteiger partial charge in [0.1, 0.15) is 30.5 Å². The Labute approximate surface area is 176 Å². The first-order valence-corrected chi connectivity index (χ1v) is 11.0. The lowest BCUT2D eigenvalue weighted by Crippen LogP contribution is -2.61. The van der Waals surface area contributed by atoms with Crippen molar-refractivity contribution in [2.75, 3.05) is 13.2 Å². The number of ether oxygens (including phenoxy) is 4. The van der Waals surface area contributed by atoms with Crippen molar-refractivity contribution in [2.45, 2.75) is 83.1 Å². The lowest BCUT2D eigenvalue weighted by Gasteiger charge is -2.50. The largest absolute Gasteiger partial charge is 0.462 e. The molecule has 9 nitrogen and oxygen atoms in total. The van der Waals surface area contributed by atoms with Gasteiger partial charge >= 0.3 is 5.97 Å². The molecule has 3 heterocycles. The van der Waals surface area contributed by atoms with Gasteiger partial charge in [-0.15, -0.1) is 0 Å². The van der Waals surface area contributed by atoms with Crippen LogP contribution in [0.5, 0.6) is 0 Å². The predicted octanol–water partition coefficient (Wildman–Crippen LogP) is -0.221. The fourth-order valence-corrected chi connectivity index (χ4v) is 6.09. The second-order valence-electron chi connectivity index (χ2n) is 9.78. The van der Waals surface area contributed by atoms with Crippen LogP contribution >= 0.6 is 0 Å². The van der Waals surface area contributed by atoms with E-state index in [1.165, 1.54) is 0 Å². The van der Waals surface area contributed by atoms with E-state index >= 15 is 0 Å². The van der Waals surface area contributed by atoms with Gasteiger partial charge in [0.25, 0.3) is 0 Å². The van der Waals surface area contributed by atoms with E-state index in [2.05, 4.69) is 13.8 Å². The molecule has 0 aromatic rings. The van der Waals surface area contributed by atoms with Gasteiger partial charge < -0.3 is 39.4 Å². The molecule has 4 aliphatic rings. The van der Waals surface area contributed by atoms with Gasteiger partial charge in [-0.1, -0.05) is 20.8 Å². The molecule has 0 aromatic heterocycles. The lowest BCUT2D eigenvalue weighted by molar-refractivity contribution is -0.366. The summed E-state index contributed by atoms with van der Waals surface area (Å²) in [6.45, 7) is 6.11. The maximum Gasteiger partial charge on any atom is 0.309 e. The predicted molar refractivity (Wildman–Crippen MR) is 102 cm³/mol. The van der Waals surface area contributed by atoms with Gasteiger partial charge in [0.05, 0.1) is 19.1 Å². The first-order chi connectivity index (χ1) is 14.2. The molecule has 9 heteroatoms. The number of hydrogen-bond donors (Lipinski definition) is 4. The zero-order valence-electron chi connectivity index (χ0n) is 17.7. The molecule has 3 saturated heterocycles. The molecule has 4 rings (SSSR count). The van der Waals surface area contributed by atoms with E-state index in [4.69, 9.17) is 18.9 Å². The maximum absolute atomic E-state index is 12.2. The Morgan fingerprint density at radius 2 is 1.90 bits per heavy atom. The minimum atomic E-state index is -1.51. The highest BCUT2D eigenvalue weighted by Gasteiger charge is 2.57. The van der Waals surface area contributed by atoms with Gasteiger partial charge in [0.2, 0.25) is 0 Å². The Hall–Kier alpha value is -0.810. The number of carbonyl (C=O) groups excluding carboxylic acids is 1. The molecule has 3 aliphatic heterocycles. The quantitative estimate of drug-likeness (QED) is 0.448. The van der Waals surface area contributed by atoms with Gasteiger partial charge in [-0.05, 0) is 31.1 Å². The van der Waals surface area contributed by atoms with Crippen molar-refractivity contribution in [3.05, 3.63) is 0 Å². The average Bonchev–Trinajstić information content (AvgIpc) is 2.89. The second-order valence-corrected chi connectivity index (χ2v) is 9.78. The molecule has 4 fully saturated rings. The lowest BCUT2D eigenvalue weighted by atomic mass is 9.65. The second kappa shape index (κ2) is 8.27. The summed E-state index contributed by atoms with van der Waals surface area (Å²) in [7, 11) is 0. The van der Waals surface area contributed by atoms with Crippen LogP contribution in [-0.4, -0.2) is 82.7 Å². The number of carbonyl (C=O) groups is 1. The summed E-state index contributed by atoms with van der Waals surface area (Å²) in [5.41, 5.74) is -0.460. The van der Waals surface area contributed by atoms with E-state index in [9.17, 15) is 25.2 Å². The summed E-state index contributed by atoms with van der Waals surface area (Å²) >= 11 is 0. The number of fused-ring (bicyclic) bond motifs is 2. The number of esters is 1. The van der Waals surface area contributed by atoms with Crippen molar-refractivity contribution in [2.24, 2.45) is 29.1 Å². The Morgan fingerprint density at radius 1 is 1.17 bits per heavy atom. The van der Waals surface area contributed by atoms with Crippen LogP contribution in [0, 0.1) is 29.1 Å². The molecule has 0 radical (unpaired) electrons. The van der Waals surface area contributed by atoms with Crippen LogP contribution in [0.4, 0.5) is 0 Å². The SMILES string of the molecule is CC1CC2OC(=O)C(C)C2CC2(C)C(OC3OC(CO)C(O)C(O)C3O)OCCC12. The highest BCUT2D eigenvalue weighted by atomic mass is 16.8. The molecule has 12 unspecified atom stereocenters. The van der Waals surface area contributed by atoms with E-state index < -0.39 is 49.0 Å². The Bertz CT molecular complexity index is 642. The van der Waals surface area contributed by atoms with Crippen LogP contribution in [0.25, 0.3) is 0 Å². The monoisotopic (exact) mass is 430 g/mol. The van der Waals surface area contributed by atoms with Gasteiger partial charge in [-0.25, -0.2) is 0 Å². The van der Waals surface area contributed by atoms with Crippen LogP contribution in [-0.2, 0) is 23.7 Å². The molecule has 30 heavy (non-hydrogen) atoms. The van der Waals surface area contributed by atoms with Crippen molar-refractivity contribution in [3.63, 3.8) is 0 Å². The normalized spacial score (nSPS) is 54.1. The number of rotatable bonds is 3. The number of hydrogen-bond acceptors (Lipinski definition) is 9. The van der Waals surface area contributed by atoms with E-state index in [0.29, 0.717) is 13.0 Å². The molecular formula is C21H34O9. The third kappa shape index (κ3) is 3.58. The highest BCUT2D eigenvalue weighted by Crippen LogP contribution is 2.55. The van der Waals surface area contributed by atoms with E-state index in [1.54, 1.807) is 0 Å². The topological polar surface area (TPSA) is 135 Å². The van der Waals surface area contributed by atoms with Gasteiger partial charge in [0, 0.05) is 11.3 Å². The van der Waals surface area contributed by atoms with Gasteiger partial charge in [0.15, 0.2) is 12.6 Å². The maximum atomic E-state index is 12.2. The van der Waals surface area contributed by atoms with Crippen molar-refractivity contribution >= 4 is 5.97 Å². The zero-order valence-corrected chi connectivity index (χ0v) is 17.7. The average molecular weight is 430 g/mol. The van der Waals surface area contributed by atoms with Crippen LogP contribution in [0.3, 0.4) is 0 Å². The molecule has 4 N–H and O–H groups in total. The van der Waals surface area contributed by atoms with Crippen LogP contribution in [0.2, 0.25) is 0 Å². The molecule has 1 saturated carbocycles. The standard InChI is InChI=1S/C21H34O9/c1-9-6-13-11(10(2)18(26)28-13)7-21(3)12(9)4-5-27-20(21)30-19-17(25)16(24)15(23)14(8-22)29-19/h9-17,19-20,22-25H,4-8H2,1-3H3. The zero-order chi connectivity index (χ0) is 21.8. The van der Waals surface area contributed by atoms with Gasteiger partial charge in [-0.2, -0.15) is 0 Å². The van der Waals surface area contributed by atoms with E-state index in [0.717, 1.165) is 12.8 Å². The van der Waals surface area contributed by atoms with Crippen LogP contribution < -0.4 is 0 Å². The molecular weight excluding hydrogens is 396 g/mol. The first-order valence-electron chi connectivity index (χ1n) is 11.0. The summed E-state index contributed by atoms with van der Waals surface area (Å²) in [5, 5.41) is 40.0. The number of aliphatic hydroxyl groups is 4. The summed E-state index contributed by atoms with van der Waals surface area (Å²) in [6, 6.07) is 0. The van der Waals surface area contributed by atoms with Crippen LogP contribution in [0.1, 0.15) is 40.0 Å². The molecule has 1 aliphatic carbocycles. The van der Waals surface area contributed by atoms with Crippen LogP contribution in [0.15, 0.2) is 0 Å². The summed E-state index contributed by atoms with van der Waals surface area (Å²) < 4.78 is 23.3. The Morgan fingerprint density at radius 3 is 2.60 bits per heavy atom. The summed E-state index contributed by atoms with van der Waals surface area (Å²) in [4.78, 5) is 12.2. The Balaban J connectivity index is 1.58. The molecule has 172 valence electrons. The summed E-state index contributed by atoms with van der Waals surface area (Å²) in [6.07, 6.45) is -5.26. The first kappa shape index (κ1) is 22.4. The van der Waals surface area contributed by atoms with Gasteiger partial charge in [-0.3, -0.25) is 4.79 Å². The smallest absolute Gasteiger partial charge is 0.309 e. The molecule has 12 atom stereocenters. The third-order valence-electron chi connectivity index (χ3n) is 7.92. The number of aliphatic hydroxyl groups excluding tert-OH is 4. The minimum absolute atomic E-state index is 0.0533. The van der Waals surface area contributed by atoms with Crippen molar-refractivity contribution in [1.29, 1.82) is 0 Å². The summed E-state index contributed by atoms with van der Waals surface area (Å²) in [5.74, 6) is 0.234. The van der Waals surface area contributed by atoms with Crippen molar-refractivity contribution < 1.29 is 44.2 Å². The molecule has 0 amide bonds. The third-order valence-corrected chi connectivity index (χ3v) is 7.92. The highest BCUT2D eigenvalue weighted by molar-refractivity contribution is 5.74. The fraction of sp³-hybridized carbons (Fsp3) is 0.952. The van der Waals surface area contributed by atoms with Crippen molar-refractivity contribution in [3.8, 4) is 0 Å². The van der Waals surface area contributed by atoms with E-state index in [1.807, 2.05) is 6.92 Å². The molecule has 0 aromatic carbocycles. The van der Waals surface area contributed by atoms with Crippen molar-refractivity contribution in [1.82, 2.24) is 0 Å². The van der Waals surface area contributed by atoms with E-state index in [-0.39, 0.29) is 35.7 Å². The molecule has 0 bridgehead atoms.